The van der Waals surface area contributed by atoms with Gasteiger partial charge in [-0.3, -0.25) is 0 Å². The van der Waals surface area contributed by atoms with E-state index >= 15 is 0 Å². The van der Waals surface area contributed by atoms with Gasteiger partial charge in [0.05, 0.1) is 4.88 Å². The van der Waals surface area contributed by atoms with E-state index in [4.69, 9.17) is 0 Å². The van der Waals surface area contributed by atoms with Gasteiger partial charge in [-0.25, -0.2) is 0 Å². The van der Waals surface area contributed by atoms with Gasteiger partial charge in [0.1, 0.15) is 0 Å². The Labute approximate surface area is 80.7 Å². The van der Waals surface area contributed by atoms with E-state index in [2.05, 4.69) is 0 Å². The van der Waals surface area contributed by atoms with E-state index in [0.717, 1.165) is 20.9 Å². The van der Waals surface area contributed by atoms with Crippen molar-refractivity contribution >= 4 is 11.3 Å². The highest BCUT2D eigenvalue weighted by atomic mass is 32.1. The quantitative estimate of drug-likeness (QED) is 0.502. The number of nitrogens with zero attached hydrogens (tertiary/aromatic N) is 1. The predicted molar refractivity (Wildman–Crippen MR) is 53.5 cm³/mol. The molecule has 0 aliphatic rings. The second-order valence-electron chi connectivity index (χ2n) is 2.82. The summed E-state index contributed by atoms with van der Waals surface area (Å²) >= 11 is 1.48. The van der Waals surface area contributed by atoms with Crippen LogP contribution in [0.3, 0.4) is 0 Å². The summed E-state index contributed by atoms with van der Waals surface area (Å²) in [5.41, 5.74) is 3.33. The number of hydrogen-bond donors (Lipinski definition) is 0. The molecular weight excluding hydrogens is 182 g/mol. The first-order chi connectivity index (χ1) is 6.29. The fraction of sp³-hybridized carbons (Fsp3) is 0.100. The maximum Gasteiger partial charge on any atom is 0.237 e. The van der Waals surface area contributed by atoms with Gasteiger partial charge < -0.3 is 5.21 Å². The normalized spacial score (nSPS) is 10.2. The zero-order valence-electron chi connectivity index (χ0n) is 7.23. The smallest absolute Gasteiger partial charge is 0.237 e. The van der Waals surface area contributed by atoms with E-state index in [1.54, 1.807) is 5.51 Å². The van der Waals surface area contributed by atoms with Crippen LogP contribution in [-0.2, 0) is 0 Å². The standard InChI is InChI=1S/C10H9NOS/c1-8-10(11(12)7-13-8)9-5-3-2-4-6-9/h2-7H,1H3. The van der Waals surface area contributed by atoms with Gasteiger partial charge in [-0.1, -0.05) is 29.5 Å². The Kier molecular flexibility index (Phi) is 2.02. The number of thiazole rings is 1. The molecular formula is C10H9NOS. The Hall–Kier alpha value is -1.35. The molecule has 0 saturated carbocycles. The monoisotopic (exact) mass is 191 g/mol. The van der Waals surface area contributed by atoms with E-state index in [9.17, 15) is 5.21 Å². The molecule has 0 N–H and O–H groups in total. The molecule has 3 heteroatoms. The van der Waals surface area contributed by atoms with Crippen molar-refractivity contribution in [3.05, 3.63) is 45.9 Å². The molecule has 66 valence electrons. The maximum absolute atomic E-state index is 11.4. The van der Waals surface area contributed by atoms with Gasteiger partial charge >= 0.3 is 0 Å². The van der Waals surface area contributed by atoms with E-state index in [-0.39, 0.29) is 0 Å². The molecule has 0 amide bonds. The third-order valence-electron chi connectivity index (χ3n) is 1.93. The molecule has 0 atom stereocenters. The highest BCUT2D eigenvalue weighted by Gasteiger charge is 2.13. The summed E-state index contributed by atoms with van der Waals surface area (Å²) in [6, 6.07) is 9.71. The fourth-order valence-electron chi connectivity index (χ4n) is 1.32. The Bertz CT molecular complexity index is 389. The Morgan fingerprint density at radius 2 is 1.92 bits per heavy atom. The Morgan fingerprint density at radius 1 is 1.23 bits per heavy atom. The average Bonchev–Trinajstić information content (AvgIpc) is 2.48. The van der Waals surface area contributed by atoms with Gasteiger partial charge in [0.25, 0.3) is 0 Å². The van der Waals surface area contributed by atoms with Gasteiger partial charge in [-0.15, -0.1) is 0 Å². The second-order valence-corrected chi connectivity index (χ2v) is 3.88. The van der Waals surface area contributed by atoms with Crippen molar-refractivity contribution < 1.29 is 4.73 Å². The van der Waals surface area contributed by atoms with Gasteiger partial charge in [-0.2, -0.15) is 4.73 Å². The van der Waals surface area contributed by atoms with Crippen LogP contribution in [0.1, 0.15) is 4.88 Å². The molecule has 0 spiro atoms. The molecule has 2 rings (SSSR count). The minimum atomic E-state index is 0.769. The first kappa shape index (κ1) is 8.26. The van der Waals surface area contributed by atoms with Crippen molar-refractivity contribution in [2.45, 2.75) is 6.92 Å². The number of aryl methyl sites for hydroxylation is 1. The fourth-order valence-corrected chi connectivity index (χ4v) is 2.00. The lowest BCUT2D eigenvalue weighted by Gasteiger charge is -1.98. The third-order valence-corrected chi connectivity index (χ3v) is 2.77. The molecule has 0 aliphatic carbocycles. The molecule has 0 saturated heterocycles. The lowest BCUT2D eigenvalue weighted by Crippen LogP contribution is -2.25. The van der Waals surface area contributed by atoms with Crippen molar-refractivity contribution in [1.29, 1.82) is 0 Å². The van der Waals surface area contributed by atoms with E-state index in [1.165, 1.54) is 11.3 Å². The van der Waals surface area contributed by atoms with Crippen molar-refractivity contribution in [3.63, 3.8) is 0 Å². The number of aromatic nitrogens is 1. The summed E-state index contributed by atoms with van der Waals surface area (Å²) in [5.74, 6) is 0. The zero-order valence-corrected chi connectivity index (χ0v) is 8.04. The molecule has 2 aromatic rings. The van der Waals surface area contributed by atoms with Gasteiger partial charge in [0, 0.05) is 5.56 Å². The SMILES string of the molecule is Cc1sc[n+]([O-])c1-c1ccccc1. The summed E-state index contributed by atoms with van der Waals surface area (Å²) in [6.07, 6.45) is 0. The second kappa shape index (κ2) is 3.18. The first-order valence-corrected chi connectivity index (χ1v) is 4.89. The molecule has 0 aliphatic heterocycles. The molecule has 1 heterocycles. The van der Waals surface area contributed by atoms with Gasteiger partial charge in [-0.05, 0) is 19.1 Å². The number of hydrogen-bond acceptors (Lipinski definition) is 2. The van der Waals surface area contributed by atoms with Crippen molar-refractivity contribution in [2.75, 3.05) is 0 Å². The van der Waals surface area contributed by atoms with Crippen molar-refractivity contribution in [3.8, 4) is 11.3 Å². The summed E-state index contributed by atoms with van der Waals surface area (Å²) < 4.78 is 0.926. The minimum absolute atomic E-state index is 0.769. The van der Waals surface area contributed by atoms with Gasteiger partial charge in [0.15, 0.2) is 0 Å². The molecule has 13 heavy (non-hydrogen) atoms. The zero-order chi connectivity index (χ0) is 9.26. The summed E-state index contributed by atoms with van der Waals surface area (Å²) in [4.78, 5) is 1.06. The van der Waals surface area contributed by atoms with Crippen molar-refractivity contribution in [1.82, 2.24) is 0 Å². The lowest BCUT2D eigenvalue weighted by atomic mass is 10.1. The Morgan fingerprint density at radius 3 is 2.46 bits per heavy atom. The molecule has 1 aromatic carbocycles. The van der Waals surface area contributed by atoms with Crippen LogP contribution in [0.2, 0.25) is 0 Å². The summed E-state index contributed by atoms with van der Waals surface area (Å²) in [5, 5.41) is 11.4. The molecule has 2 nitrogen and oxygen atoms in total. The van der Waals surface area contributed by atoms with Crippen LogP contribution in [-0.4, -0.2) is 0 Å². The van der Waals surface area contributed by atoms with Crippen molar-refractivity contribution in [2.24, 2.45) is 0 Å². The van der Waals surface area contributed by atoms with Crippen LogP contribution in [0.4, 0.5) is 0 Å². The van der Waals surface area contributed by atoms with Crippen LogP contribution in [0.25, 0.3) is 11.3 Å². The van der Waals surface area contributed by atoms with E-state index in [1.807, 2.05) is 37.3 Å². The molecule has 0 unspecified atom stereocenters. The third kappa shape index (κ3) is 1.42. The maximum atomic E-state index is 11.4. The molecule has 0 fully saturated rings. The lowest BCUT2D eigenvalue weighted by molar-refractivity contribution is -0.588. The highest BCUT2D eigenvalue weighted by molar-refractivity contribution is 7.09. The van der Waals surface area contributed by atoms with E-state index < -0.39 is 0 Å². The van der Waals surface area contributed by atoms with Crippen LogP contribution >= 0.6 is 11.3 Å². The molecule has 0 bridgehead atoms. The van der Waals surface area contributed by atoms with Crippen LogP contribution in [0.5, 0.6) is 0 Å². The average molecular weight is 191 g/mol. The summed E-state index contributed by atoms with van der Waals surface area (Å²) in [6.45, 7) is 1.96. The predicted octanol–water partition coefficient (Wildman–Crippen LogP) is 2.36. The van der Waals surface area contributed by atoms with E-state index in [0.29, 0.717) is 0 Å². The largest absolute Gasteiger partial charge is 0.618 e. The van der Waals surface area contributed by atoms with Crippen LogP contribution in [0.15, 0.2) is 35.8 Å². The van der Waals surface area contributed by atoms with Crippen LogP contribution < -0.4 is 4.73 Å². The minimum Gasteiger partial charge on any atom is -0.618 e. The highest BCUT2D eigenvalue weighted by Crippen LogP contribution is 2.21. The molecule has 1 aromatic heterocycles. The van der Waals surface area contributed by atoms with Crippen LogP contribution in [0, 0.1) is 12.1 Å². The topological polar surface area (TPSA) is 26.9 Å². The number of benzene rings is 1. The van der Waals surface area contributed by atoms with Gasteiger partial charge in [0.2, 0.25) is 11.2 Å². The number of rotatable bonds is 1. The summed E-state index contributed by atoms with van der Waals surface area (Å²) in [7, 11) is 0. The Balaban J connectivity index is 2.59. The molecule has 0 radical (unpaired) electrons. The first-order valence-electron chi connectivity index (χ1n) is 4.01.